The molecule has 26 heavy (non-hydrogen) atoms. The molecule has 1 amide bonds. The SMILES string of the molecule is CCC(CC)c1nnc(NC(=O)/C=C/c2ccc(Cl)c(C(F)(F)F)c2)s1. The highest BCUT2D eigenvalue weighted by atomic mass is 35.5. The monoisotopic (exact) mass is 403 g/mol. The third-order valence-corrected chi connectivity index (χ3v) is 5.06. The molecule has 1 aromatic heterocycles. The van der Waals surface area contributed by atoms with Gasteiger partial charge in [-0.1, -0.05) is 42.9 Å². The van der Waals surface area contributed by atoms with Crippen LogP contribution < -0.4 is 5.32 Å². The number of amides is 1. The molecule has 2 aromatic rings. The minimum Gasteiger partial charge on any atom is -0.297 e. The lowest BCUT2D eigenvalue weighted by Crippen LogP contribution is -2.08. The average molecular weight is 404 g/mol. The maximum absolute atomic E-state index is 12.8. The van der Waals surface area contributed by atoms with Gasteiger partial charge < -0.3 is 0 Å². The van der Waals surface area contributed by atoms with Crippen LogP contribution in [0.2, 0.25) is 5.02 Å². The summed E-state index contributed by atoms with van der Waals surface area (Å²) in [7, 11) is 0. The van der Waals surface area contributed by atoms with Gasteiger partial charge in [-0.25, -0.2) is 0 Å². The molecule has 0 aliphatic heterocycles. The highest BCUT2D eigenvalue weighted by molar-refractivity contribution is 7.15. The third-order valence-electron chi connectivity index (χ3n) is 3.73. The highest BCUT2D eigenvalue weighted by Gasteiger charge is 2.33. The highest BCUT2D eigenvalue weighted by Crippen LogP contribution is 2.35. The summed E-state index contributed by atoms with van der Waals surface area (Å²) in [6.07, 6.45) is -0.277. The van der Waals surface area contributed by atoms with Gasteiger partial charge in [0.2, 0.25) is 11.0 Å². The van der Waals surface area contributed by atoms with Crippen molar-refractivity contribution in [3.63, 3.8) is 0 Å². The molecule has 1 heterocycles. The van der Waals surface area contributed by atoms with Gasteiger partial charge in [-0.3, -0.25) is 10.1 Å². The second-order valence-corrected chi connectivity index (χ2v) is 6.93. The van der Waals surface area contributed by atoms with Crippen molar-refractivity contribution < 1.29 is 18.0 Å². The number of nitrogens with one attached hydrogen (secondary N) is 1. The van der Waals surface area contributed by atoms with Gasteiger partial charge in [-0.15, -0.1) is 10.2 Å². The predicted molar refractivity (Wildman–Crippen MR) is 97.3 cm³/mol. The van der Waals surface area contributed by atoms with Gasteiger partial charge in [0.25, 0.3) is 0 Å². The van der Waals surface area contributed by atoms with Crippen LogP contribution >= 0.6 is 22.9 Å². The topological polar surface area (TPSA) is 54.9 Å². The van der Waals surface area contributed by atoms with Crippen molar-refractivity contribution in [3.8, 4) is 0 Å². The number of aromatic nitrogens is 2. The molecule has 4 nitrogen and oxygen atoms in total. The Morgan fingerprint density at radius 1 is 1.31 bits per heavy atom. The Morgan fingerprint density at radius 2 is 2.00 bits per heavy atom. The number of alkyl halides is 3. The molecule has 0 spiro atoms. The van der Waals surface area contributed by atoms with E-state index in [1.54, 1.807) is 0 Å². The molecule has 1 aromatic carbocycles. The molecular weight excluding hydrogens is 387 g/mol. The number of hydrogen-bond donors (Lipinski definition) is 1. The van der Waals surface area contributed by atoms with Crippen molar-refractivity contribution in [1.29, 1.82) is 0 Å². The largest absolute Gasteiger partial charge is 0.417 e. The Hall–Kier alpha value is -1.93. The van der Waals surface area contributed by atoms with Crippen LogP contribution in [0.25, 0.3) is 6.08 Å². The van der Waals surface area contributed by atoms with Gasteiger partial charge >= 0.3 is 6.18 Å². The summed E-state index contributed by atoms with van der Waals surface area (Å²) < 4.78 is 38.5. The van der Waals surface area contributed by atoms with E-state index in [2.05, 4.69) is 29.4 Å². The molecular formula is C17H17ClF3N3OS. The zero-order chi connectivity index (χ0) is 19.3. The number of carbonyl (C=O) groups is 1. The van der Waals surface area contributed by atoms with E-state index in [1.807, 2.05) is 0 Å². The summed E-state index contributed by atoms with van der Waals surface area (Å²) in [6.45, 7) is 4.11. The van der Waals surface area contributed by atoms with Crippen molar-refractivity contribution in [2.75, 3.05) is 5.32 Å². The lowest BCUT2D eigenvalue weighted by Gasteiger charge is -2.09. The Labute approximate surface area is 158 Å². The summed E-state index contributed by atoms with van der Waals surface area (Å²) in [5.41, 5.74) is -0.729. The van der Waals surface area contributed by atoms with Gasteiger partial charge in [0.15, 0.2) is 0 Å². The van der Waals surface area contributed by atoms with Crippen LogP contribution in [0.5, 0.6) is 0 Å². The molecule has 0 atom stereocenters. The minimum absolute atomic E-state index is 0.215. The first-order chi connectivity index (χ1) is 12.2. The molecule has 1 N–H and O–H groups in total. The molecule has 0 fully saturated rings. The fourth-order valence-electron chi connectivity index (χ4n) is 2.27. The Kier molecular flexibility index (Phi) is 6.77. The molecule has 0 aliphatic carbocycles. The predicted octanol–water partition coefficient (Wildman–Crippen LogP) is 5.77. The number of anilines is 1. The van der Waals surface area contributed by atoms with E-state index in [9.17, 15) is 18.0 Å². The summed E-state index contributed by atoms with van der Waals surface area (Å²) in [6, 6.07) is 3.44. The van der Waals surface area contributed by atoms with Crippen LogP contribution in [0.4, 0.5) is 18.3 Å². The number of rotatable bonds is 6. The van der Waals surface area contributed by atoms with Gasteiger partial charge in [0.05, 0.1) is 10.6 Å². The Bertz CT molecular complexity index is 801. The zero-order valence-electron chi connectivity index (χ0n) is 14.1. The summed E-state index contributed by atoms with van der Waals surface area (Å²) in [4.78, 5) is 11.9. The van der Waals surface area contributed by atoms with Crippen LogP contribution in [-0.2, 0) is 11.0 Å². The molecule has 0 radical (unpaired) electrons. The summed E-state index contributed by atoms with van der Waals surface area (Å²) in [5.74, 6) is -0.204. The van der Waals surface area contributed by atoms with Gasteiger partial charge in [-0.2, -0.15) is 13.2 Å². The lowest BCUT2D eigenvalue weighted by atomic mass is 10.1. The van der Waals surface area contributed by atoms with Gasteiger partial charge in [-0.05, 0) is 36.6 Å². The van der Waals surface area contributed by atoms with Crippen LogP contribution in [-0.4, -0.2) is 16.1 Å². The van der Waals surface area contributed by atoms with Crippen LogP contribution in [0.1, 0.15) is 48.7 Å². The van der Waals surface area contributed by atoms with E-state index in [0.717, 1.165) is 36.1 Å². The molecule has 0 unspecified atom stereocenters. The number of benzene rings is 1. The number of nitrogens with zero attached hydrogens (tertiary/aromatic N) is 2. The number of halogens is 4. The maximum Gasteiger partial charge on any atom is 0.417 e. The first kappa shape index (κ1) is 20.4. The smallest absolute Gasteiger partial charge is 0.297 e. The van der Waals surface area contributed by atoms with Crippen molar-refractivity contribution >= 4 is 40.1 Å². The first-order valence-electron chi connectivity index (χ1n) is 7.93. The fraction of sp³-hybridized carbons (Fsp3) is 0.353. The quantitative estimate of drug-likeness (QED) is 0.623. The Balaban J connectivity index is 2.06. The van der Waals surface area contributed by atoms with E-state index in [0.29, 0.717) is 11.0 Å². The standard InChI is InChI=1S/C17H17ClF3N3OS/c1-3-11(4-2)15-23-24-16(26-15)22-14(25)8-6-10-5-7-13(18)12(9-10)17(19,20)21/h5-9,11H,3-4H2,1-2H3,(H,22,24,25)/b8-6+. The Morgan fingerprint density at radius 3 is 2.62 bits per heavy atom. The maximum atomic E-state index is 12.8. The van der Waals surface area contributed by atoms with Crippen LogP contribution in [0.3, 0.4) is 0 Å². The van der Waals surface area contributed by atoms with Crippen LogP contribution in [0.15, 0.2) is 24.3 Å². The van der Waals surface area contributed by atoms with E-state index in [4.69, 9.17) is 11.6 Å². The lowest BCUT2D eigenvalue weighted by molar-refractivity contribution is -0.137. The van der Waals surface area contributed by atoms with Crippen LogP contribution in [0, 0.1) is 0 Å². The van der Waals surface area contributed by atoms with E-state index in [-0.39, 0.29) is 10.6 Å². The molecule has 0 saturated carbocycles. The molecule has 2 rings (SSSR count). The van der Waals surface area contributed by atoms with Crippen molar-refractivity contribution in [2.45, 2.75) is 38.8 Å². The minimum atomic E-state index is -4.55. The molecule has 140 valence electrons. The molecule has 0 saturated heterocycles. The molecule has 0 bridgehead atoms. The second-order valence-electron chi connectivity index (χ2n) is 5.52. The van der Waals surface area contributed by atoms with Gasteiger partial charge in [0, 0.05) is 12.0 Å². The first-order valence-corrected chi connectivity index (χ1v) is 9.13. The van der Waals surface area contributed by atoms with Crippen molar-refractivity contribution in [2.24, 2.45) is 0 Å². The van der Waals surface area contributed by atoms with Crippen molar-refractivity contribution in [3.05, 3.63) is 45.4 Å². The zero-order valence-corrected chi connectivity index (χ0v) is 15.7. The third kappa shape index (κ3) is 5.28. The molecule has 0 aliphatic rings. The van der Waals surface area contributed by atoms with E-state index >= 15 is 0 Å². The summed E-state index contributed by atoms with van der Waals surface area (Å²) >= 11 is 6.86. The summed E-state index contributed by atoms with van der Waals surface area (Å²) in [5, 5.41) is 11.4. The fourth-order valence-corrected chi connectivity index (χ4v) is 3.51. The number of hydrogen-bond acceptors (Lipinski definition) is 4. The molecule has 9 heteroatoms. The average Bonchev–Trinajstić information content (AvgIpc) is 3.02. The number of carbonyl (C=O) groups excluding carboxylic acids is 1. The normalized spacial score (nSPS) is 12.1. The van der Waals surface area contributed by atoms with Crippen molar-refractivity contribution in [1.82, 2.24) is 10.2 Å². The van der Waals surface area contributed by atoms with Gasteiger partial charge in [0.1, 0.15) is 5.01 Å². The van der Waals surface area contributed by atoms with E-state index < -0.39 is 17.6 Å². The second kappa shape index (κ2) is 8.64. The van der Waals surface area contributed by atoms with E-state index in [1.165, 1.54) is 23.5 Å².